The predicted molar refractivity (Wildman–Crippen MR) is 85.2 cm³/mol. The van der Waals surface area contributed by atoms with Gasteiger partial charge in [0.05, 0.1) is 29.5 Å². The molecule has 0 aliphatic rings. The maximum atomic E-state index is 11.5. The molecule has 0 unspecified atom stereocenters. The van der Waals surface area contributed by atoms with Crippen molar-refractivity contribution in [3.8, 4) is 12.3 Å². The highest BCUT2D eigenvalue weighted by molar-refractivity contribution is 14.1. The van der Waals surface area contributed by atoms with Gasteiger partial charge < -0.3 is 9.47 Å². The van der Waals surface area contributed by atoms with Crippen LogP contribution in [-0.2, 0) is 14.3 Å². The topological polar surface area (TPSA) is 55.8 Å². The highest BCUT2D eigenvalue weighted by Gasteiger charge is 2.16. The smallest absolute Gasteiger partial charge is 0.420 e. The Kier molecular flexibility index (Phi) is 12.4. The molecule has 0 spiro atoms. The number of unbranched alkanes of at least 4 members (excludes halogenated alkanes) is 5. The molecule has 20 heavy (non-hydrogen) atoms. The lowest BCUT2D eigenvalue weighted by atomic mass is 10.1. The molecule has 0 aromatic carbocycles. The van der Waals surface area contributed by atoms with Crippen LogP contribution in [-0.4, -0.2) is 34.9 Å². The normalized spacial score (nSPS) is 9.65. The number of ether oxygens (including phenoxy) is 2. The molecule has 0 N–H and O–H groups in total. The first-order chi connectivity index (χ1) is 9.61. The van der Waals surface area contributed by atoms with Gasteiger partial charge >= 0.3 is 12.1 Å². The molecule has 0 radical (unpaired) electrons. The summed E-state index contributed by atoms with van der Waals surface area (Å²) in [5.74, 6) is 1.74. The van der Waals surface area contributed by atoms with Crippen LogP contribution in [0.25, 0.3) is 0 Å². The summed E-state index contributed by atoms with van der Waals surface area (Å²) in [5.41, 5.74) is 0. The Morgan fingerprint density at radius 3 is 2.45 bits per heavy atom. The Morgan fingerprint density at radius 1 is 1.15 bits per heavy atom. The fourth-order valence-corrected chi connectivity index (χ4v) is 1.88. The monoisotopic (exact) mass is 395 g/mol. The summed E-state index contributed by atoms with van der Waals surface area (Å²) in [5, 5.41) is 0. The van der Waals surface area contributed by atoms with Crippen molar-refractivity contribution in [3.05, 3.63) is 0 Å². The van der Waals surface area contributed by atoms with Crippen molar-refractivity contribution in [3.63, 3.8) is 0 Å². The molecule has 0 saturated heterocycles. The van der Waals surface area contributed by atoms with Gasteiger partial charge in [0.2, 0.25) is 0 Å². The lowest BCUT2D eigenvalue weighted by molar-refractivity contribution is -0.143. The third kappa shape index (κ3) is 10.9. The summed E-state index contributed by atoms with van der Waals surface area (Å²) in [7, 11) is 0. The van der Waals surface area contributed by atoms with Crippen LogP contribution in [0.1, 0.15) is 45.4 Å². The minimum Gasteiger partial charge on any atom is -0.464 e. The van der Waals surface area contributed by atoms with Crippen LogP contribution in [0.15, 0.2) is 0 Å². The van der Waals surface area contributed by atoms with Gasteiger partial charge in [0, 0.05) is 0 Å². The van der Waals surface area contributed by atoms with Gasteiger partial charge in [-0.25, -0.2) is 7.91 Å². The third-order valence-electron chi connectivity index (χ3n) is 2.51. The number of halogens is 1. The number of amides is 1. The minimum atomic E-state index is -0.639. The molecule has 6 heteroatoms. The number of rotatable bonds is 10. The van der Waals surface area contributed by atoms with Crippen LogP contribution in [0.3, 0.4) is 0 Å². The van der Waals surface area contributed by atoms with E-state index in [9.17, 15) is 9.59 Å². The standard InChI is InChI=1S/C14H22INO4/c1-3-5-6-7-8-9-11-19-13(17)12-16(15)14(18)20-10-4-2/h2H,3,5-12H2,1H3. The number of hydrogen-bond donors (Lipinski definition) is 0. The molecule has 0 aromatic rings. The summed E-state index contributed by atoms with van der Waals surface area (Å²) in [6.45, 7) is 2.33. The Bertz CT molecular complexity index is 328. The molecule has 0 heterocycles. The van der Waals surface area contributed by atoms with E-state index in [0.717, 1.165) is 16.0 Å². The van der Waals surface area contributed by atoms with Crippen molar-refractivity contribution in [1.29, 1.82) is 0 Å². The molecule has 114 valence electrons. The van der Waals surface area contributed by atoms with E-state index in [0.29, 0.717) is 6.61 Å². The van der Waals surface area contributed by atoms with E-state index < -0.39 is 12.1 Å². The Hall–Kier alpha value is -0.970. The largest absolute Gasteiger partial charge is 0.464 e. The average molecular weight is 395 g/mol. The van der Waals surface area contributed by atoms with Gasteiger partial charge in [-0.15, -0.1) is 6.42 Å². The number of hydrogen-bond acceptors (Lipinski definition) is 4. The number of esters is 1. The summed E-state index contributed by atoms with van der Waals surface area (Å²) >= 11 is 1.70. The second-order valence-electron chi connectivity index (χ2n) is 4.27. The van der Waals surface area contributed by atoms with Crippen LogP contribution in [0.5, 0.6) is 0 Å². The molecule has 0 aliphatic carbocycles. The molecule has 0 aliphatic heterocycles. The predicted octanol–water partition coefficient (Wildman–Crippen LogP) is 3.31. The molecule has 0 aromatic heterocycles. The maximum absolute atomic E-state index is 11.5. The highest BCUT2D eigenvalue weighted by atomic mass is 127. The summed E-state index contributed by atoms with van der Waals surface area (Å²) in [6.07, 6.45) is 11.1. The second-order valence-corrected chi connectivity index (χ2v) is 5.43. The molecule has 0 saturated carbocycles. The maximum Gasteiger partial charge on any atom is 0.420 e. The van der Waals surface area contributed by atoms with Crippen molar-refractivity contribution >= 4 is 34.9 Å². The van der Waals surface area contributed by atoms with Gasteiger partial charge in [-0.3, -0.25) is 4.79 Å². The first-order valence-corrected chi connectivity index (χ1v) is 7.77. The lowest BCUT2D eigenvalue weighted by Gasteiger charge is -2.12. The van der Waals surface area contributed by atoms with Gasteiger partial charge in [0.1, 0.15) is 6.54 Å². The van der Waals surface area contributed by atoms with E-state index in [1.54, 1.807) is 22.9 Å². The Balaban J connectivity index is 3.58. The average Bonchev–Trinajstić information content (AvgIpc) is 2.43. The SMILES string of the molecule is C#CCOC(=O)N(I)CC(=O)OCCCCCCCC. The fourth-order valence-electron chi connectivity index (χ4n) is 1.47. The van der Waals surface area contributed by atoms with E-state index in [1.165, 1.54) is 25.7 Å². The minimum absolute atomic E-state index is 0.106. The van der Waals surface area contributed by atoms with Crippen molar-refractivity contribution < 1.29 is 19.1 Å². The first-order valence-electron chi connectivity index (χ1n) is 6.81. The summed E-state index contributed by atoms with van der Waals surface area (Å²) in [4.78, 5) is 22.8. The lowest BCUT2D eigenvalue weighted by Crippen LogP contribution is -2.29. The van der Waals surface area contributed by atoms with Crippen LogP contribution < -0.4 is 0 Å². The second kappa shape index (κ2) is 13.0. The van der Waals surface area contributed by atoms with Gasteiger partial charge in [0.15, 0.2) is 6.61 Å². The number of carbonyl (C=O) groups is 2. The number of carbonyl (C=O) groups excluding carboxylic acids is 2. The first kappa shape index (κ1) is 19.0. The molecule has 5 nitrogen and oxygen atoms in total. The molecular formula is C14H22INO4. The van der Waals surface area contributed by atoms with E-state index in [-0.39, 0.29) is 13.2 Å². The summed E-state index contributed by atoms with van der Waals surface area (Å²) < 4.78 is 10.8. The molecule has 0 rings (SSSR count). The highest BCUT2D eigenvalue weighted by Crippen LogP contribution is 2.06. The van der Waals surface area contributed by atoms with Crippen molar-refractivity contribution in [2.24, 2.45) is 0 Å². The molecule has 1 amide bonds. The zero-order valence-corrected chi connectivity index (χ0v) is 14.1. The van der Waals surface area contributed by atoms with Crippen LogP contribution >= 0.6 is 22.9 Å². The summed E-state index contributed by atoms with van der Waals surface area (Å²) in [6, 6.07) is 0. The van der Waals surface area contributed by atoms with Gasteiger partial charge in [-0.2, -0.15) is 0 Å². The molecule has 0 fully saturated rings. The Labute approximate surface area is 134 Å². The van der Waals surface area contributed by atoms with E-state index in [1.807, 2.05) is 0 Å². The Morgan fingerprint density at radius 2 is 1.80 bits per heavy atom. The van der Waals surface area contributed by atoms with Crippen LogP contribution in [0, 0.1) is 12.3 Å². The zero-order chi connectivity index (χ0) is 15.2. The van der Waals surface area contributed by atoms with Crippen molar-refractivity contribution in [2.45, 2.75) is 45.4 Å². The van der Waals surface area contributed by atoms with E-state index in [2.05, 4.69) is 17.6 Å². The van der Waals surface area contributed by atoms with Crippen LogP contribution in [0.4, 0.5) is 4.79 Å². The fraction of sp³-hybridized carbons (Fsp3) is 0.714. The van der Waals surface area contributed by atoms with E-state index >= 15 is 0 Å². The van der Waals surface area contributed by atoms with Crippen LogP contribution in [0.2, 0.25) is 0 Å². The quantitative estimate of drug-likeness (QED) is 0.187. The number of terminal acetylenes is 1. The molecular weight excluding hydrogens is 373 g/mol. The van der Waals surface area contributed by atoms with Crippen molar-refractivity contribution in [2.75, 3.05) is 19.8 Å². The van der Waals surface area contributed by atoms with Gasteiger partial charge in [-0.05, 0) is 6.42 Å². The third-order valence-corrected chi connectivity index (χ3v) is 3.24. The van der Waals surface area contributed by atoms with Crippen molar-refractivity contribution in [1.82, 2.24) is 3.11 Å². The molecule has 0 atom stereocenters. The van der Waals surface area contributed by atoms with E-state index in [4.69, 9.17) is 11.2 Å². The zero-order valence-electron chi connectivity index (χ0n) is 11.9. The van der Waals surface area contributed by atoms with Gasteiger partial charge in [-0.1, -0.05) is 44.9 Å². The number of nitrogens with zero attached hydrogens (tertiary/aromatic N) is 1. The molecule has 0 bridgehead atoms. The van der Waals surface area contributed by atoms with Gasteiger partial charge in [0.25, 0.3) is 0 Å².